The Hall–Kier alpha value is -1.37. The van der Waals surface area contributed by atoms with Crippen LogP contribution in [0.5, 0.6) is 0 Å². The van der Waals surface area contributed by atoms with Crippen molar-refractivity contribution in [2.45, 2.75) is 19.5 Å². The number of amides is 1. The Labute approximate surface area is 109 Å². The Balaban J connectivity index is 1.97. The molecular formula is C11H15N3O3S. The number of hydrogen-bond donors (Lipinski definition) is 1. The van der Waals surface area contributed by atoms with Gasteiger partial charge in [0.15, 0.2) is 11.3 Å². The largest absolute Gasteiger partial charge is 0.466 e. The topological polar surface area (TPSA) is 80.1 Å². The van der Waals surface area contributed by atoms with Gasteiger partial charge in [-0.1, -0.05) is 11.8 Å². The third-order valence-corrected chi connectivity index (χ3v) is 3.54. The monoisotopic (exact) mass is 269 g/mol. The van der Waals surface area contributed by atoms with Crippen molar-refractivity contribution in [3.05, 3.63) is 0 Å². The molecule has 0 aromatic carbocycles. The Bertz CT molecular complexity index is 422. The first kappa shape index (κ1) is 13.1. The van der Waals surface area contributed by atoms with E-state index >= 15 is 0 Å². The molecule has 2 heterocycles. The van der Waals surface area contributed by atoms with E-state index in [0.717, 1.165) is 0 Å². The quantitative estimate of drug-likeness (QED) is 0.753. The molecule has 0 aromatic rings. The van der Waals surface area contributed by atoms with E-state index in [0.29, 0.717) is 18.2 Å². The summed E-state index contributed by atoms with van der Waals surface area (Å²) in [4.78, 5) is 31.3. The molecule has 2 rings (SSSR count). The highest BCUT2D eigenvalue weighted by molar-refractivity contribution is 8.13. The summed E-state index contributed by atoms with van der Waals surface area (Å²) in [5.74, 6) is -0.639. The molecule has 18 heavy (non-hydrogen) atoms. The summed E-state index contributed by atoms with van der Waals surface area (Å²) in [5.41, 5.74) is 0. The van der Waals surface area contributed by atoms with Crippen molar-refractivity contribution in [3.63, 3.8) is 0 Å². The summed E-state index contributed by atoms with van der Waals surface area (Å²) < 4.78 is 4.89. The Kier molecular flexibility index (Phi) is 4.00. The number of rotatable bonds is 3. The Morgan fingerprint density at radius 2 is 2.39 bits per heavy atom. The second-order valence-electron chi connectivity index (χ2n) is 4.16. The van der Waals surface area contributed by atoms with Crippen LogP contribution < -0.4 is 5.32 Å². The summed E-state index contributed by atoms with van der Waals surface area (Å²) in [5, 5.41) is 3.36. The number of nitrogens with one attached hydrogen (secondary N) is 1. The van der Waals surface area contributed by atoms with Gasteiger partial charge in [0.1, 0.15) is 0 Å². The first-order chi connectivity index (χ1) is 8.61. The number of carbonyl (C=O) groups excluding carboxylic acids is 2. The van der Waals surface area contributed by atoms with Crippen LogP contribution in [0.3, 0.4) is 0 Å². The van der Waals surface area contributed by atoms with E-state index in [1.54, 1.807) is 6.21 Å². The molecule has 0 aromatic heterocycles. The van der Waals surface area contributed by atoms with E-state index in [9.17, 15) is 9.59 Å². The molecule has 0 saturated heterocycles. The van der Waals surface area contributed by atoms with Gasteiger partial charge in [-0.15, -0.1) is 0 Å². The number of ether oxygens (including phenoxy) is 1. The van der Waals surface area contributed by atoms with Crippen LogP contribution in [0.1, 0.15) is 13.3 Å². The van der Waals surface area contributed by atoms with E-state index < -0.39 is 0 Å². The van der Waals surface area contributed by atoms with E-state index in [1.807, 2.05) is 6.26 Å². The molecule has 0 spiro atoms. The summed E-state index contributed by atoms with van der Waals surface area (Å²) >= 11 is 1.40. The molecule has 0 radical (unpaired) electrons. The molecule has 0 fully saturated rings. The summed E-state index contributed by atoms with van der Waals surface area (Å²) in [6.45, 7) is 1.68. The van der Waals surface area contributed by atoms with Crippen LogP contribution in [0.4, 0.5) is 0 Å². The van der Waals surface area contributed by atoms with Crippen LogP contribution in [-0.4, -0.2) is 42.3 Å². The standard InChI is InChI=1S/C11H15N3O3S/c1-6(15)17-4-3-7-5-12-9-8(7)10(16)14-11(13-9)18-2/h5,7-9H,3-4H2,1-2H3,(H,13,14,16). The molecule has 2 aliphatic rings. The van der Waals surface area contributed by atoms with Gasteiger partial charge in [-0.2, -0.15) is 0 Å². The number of nitrogens with zero attached hydrogens (tertiary/aromatic N) is 2. The van der Waals surface area contributed by atoms with Crippen LogP contribution in [0, 0.1) is 11.8 Å². The minimum absolute atomic E-state index is 0.0125. The second kappa shape index (κ2) is 5.51. The van der Waals surface area contributed by atoms with Crippen molar-refractivity contribution in [1.29, 1.82) is 0 Å². The highest BCUT2D eigenvalue weighted by Crippen LogP contribution is 2.30. The van der Waals surface area contributed by atoms with Crippen molar-refractivity contribution < 1.29 is 14.3 Å². The van der Waals surface area contributed by atoms with Crippen LogP contribution in [0.2, 0.25) is 0 Å². The van der Waals surface area contributed by atoms with Crippen LogP contribution in [0.25, 0.3) is 0 Å². The fourth-order valence-electron chi connectivity index (χ4n) is 2.09. The highest BCUT2D eigenvalue weighted by atomic mass is 32.2. The van der Waals surface area contributed by atoms with Gasteiger partial charge >= 0.3 is 5.97 Å². The predicted molar refractivity (Wildman–Crippen MR) is 69.6 cm³/mol. The zero-order chi connectivity index (χ0) is 13.1. The van der Waals surface area contributed by atoms with Crippen molar-refractivity contribution in [3.8, 4) is 0 Å². The first-order valence-electron chi connectivity index (χ1n) is 5.71. The number of amidine groups is 1. The molecule has 2 aliphatic heterocycles. The molecule has 0 aliphatic carbocycles. The lowest BCUT2D eigenvalue weighted by atomic mass is 9.89. The van der Waals surface area contributed by atoms with Crippen molar-refractivity contribution >= 4 is 35.0 Å². The third kappa shape index (κ3) is 2.72. The minimum atomic E-state index is -0.316. The van der Waals surface area contributed by atoms with Gasteiger partial charge in [-0.05, 0) is 12.7 Å². The SMILES string of the molecule is CSC1=NC2N=CC(CCOC(C)=O)C2C(=O)N1. The van der Waals surface area contributed by atoms with Crippen molar-refractivity contribution in [2.24, 2.45) is 21.8 Å². The molecule has 0 saturated carbocycles. The molecule has 1 N–H and O–H groups in total. The van der Waals surface area contributed by atoms with E-state index in [2.05, 4.69) is 15.3 Å². The second-order valence-corrected chi connectivity index (χ2v) is 4.95. The summed E-state index contributed by atoms with van der Waals surface area (Å²) in [6, 6.07) is 0. The van der Waals surface area contributed by atoms with Crippen LogP contribution in [-0.2, 0) is 14.3 Å². The van der Waals surface area contributed by atoms with Gasteiger partial charge in [-0.25, -0.2) is 4.99 Å². The highest BCUT2D eigenvalue weighted by Gasteiger charge is 2.41. The Morgan fingerprint density at radius 1 is 1.61 bits per heavy atom. The molecule has 7 heteroatoms. The fraction of sp³-hybridized carbons (Fsp3) is 0.636. The maximum Gasteiger partial charge on any atom is 0.302 e. The van der Waals surface area contributed by atoms with E-state index in [4.69, 9.17) is 4.74 Å². The molecule has 1 amide bonds. The zero-order valence-electron chi connectivity index (χ0n) is 10.3. The van der Waals surface area contributed by atoms with Gasteiger partial charge in [0.05, 0.1) is 12.5 Å². The van der Waals surface area contributed by atoms with Crippen LogP contribution in [0.15, 0.2) is 9.98 Å². The summed E-state index contributed by atoms with van der Waals surface area (Å²) in [6.07, 6.45) is 3.90. The lowest BCUT2D eigenvalue weighted by Crippen LogP contribution is -2.45. The van der Waals surface area contributed by atoms with Gasteiger partial charge in [0.2, 0.25) is 5.91 Å². The van der Waals surface area contributed by atoms with E-state index in [-0.39, 0.29) is 29.9 Å². The lowest BCUT2D eigenvalue weighted by Gasteiger charge is -2.25. The average molecular weight is 269 g/mol. The number of aliphatic imine (C=N–C) groups is 2. The molecule has 98 valence electrons. The fourth-order valence-corrected chi connectivity index (χ4v) is 2.50. The molecular weight excluding hydrogens is 254 g/mol. The normalized spacial score (nSPS) is 29.6. The van der Waals surface area contributed by atoms with Gasteiger partial charge in [-0.3, -0.25) is 14.6 Å². The van der Waals surface area contributed by atoms with E-state index in [1.165, 1.54) is 18.7 Å². The molecule has 3 unspecified atom stereocenters. The van der Waals surface area contributed by atoms with Crippen molar-refractivity contribution in [1.82, 2.24) is 5.32 Å². The smallest absolute Gasteiger partial charge is 0.302 e. The summed E-state index contributed by atoms with van der Waals surface area (Å²) in [7, 11) is 0. The number of hydrogen-bond acceptors (Lipinski definition) is 6. The maximum atomic E-state index is 12.0. The minimum Gasteiger partial charge on any atom is -0.466 e. The first-order valence-corrected chi connectivity index (χ1v) is 6.93. The predicted octanol–water partition coefficient (Wildman–Crippen LogP) is 0.431. The maximum absolute atomic E-state index is 12.0. The number of carbonyl (C=O) groups is 2. The number of thioether (sulfide) groups is 1. The van der Waals surface area contributed by atoms with Gasteiger partial charge in [0, 0.05) is 19.1 Å². The zero-order valence-corrected chi connectivity index (χ0v) is 11.1. The molecule has 0 bridgehead atoms. The molecule has 6 nitrogen and oxygen atoms in total. The van der Waals surface area contributed by atoms with Gasteiger partial charge in [0.25, 0.3) is 0 Å². The third-order valence-electron chi connectivity index (χ3n) is 2.95. The van der Waals surface area contributed by atoms with Crippen LogP contribution >= 0.6 is 11.8 Å². The number of esters is 1. The van der Waals surface area contributed by atoms with Gasteiger partial charge < -0.3 is 10.1 Å². The Morgan fingerprint density at radius 3 is 3.06 bits per heavy atom. The lowest BCUT2D eigenvalue weighted by molar-refractivity contribution is -0.141. The number of fused-ring (bicyclic) bond motifs is 1. The molecule has 3 atom stereocenters. The van der Waals surface area contributed by atoms with Crippen molar-refractivity contribution in [2.75, 3.05) is 12.9 Å². The average Bonchev–Trinajstić information content (AvgIpc) is 2.72.